The van der Waals surface area contributed by atoms with Crippen molar-refractivity contribution in [3.8, 4) is 0 Å². The fourth-order valence-electron chi connectivity index (χ4n) is 1.43. The first-order valence-electron chi connectivity index (χ1n) is 5.40. The average molecular weight is 243 g/mol. The number of carbonyl (C=O) groups is 1. The van der Waals surface area contributed by atoms with Gasteiger partial charge in [0, 0.05) is 11.9 Å². The lowest BCUT2D eigenvalue weighted by molar-refractivity contribution is 0.102. The molecule has 92 valence electrons. The van der Waals surface area contributed by atoms with Crippen LogP contribution < -0.4 is 11.1 Å². The summed E-state index contributed by atoms with van der Waals surface area (Å²) in [5.41, 5.74) is 7.38. The maximum absolute atomic E-state index is 11.9. The maximum Gasteiger partial charge on any atom is 0.275 e. The number of anilines is 2. The van der Waals surface area contributed by atoms with Gasteiger partial charge in [-0.25, -0.2) is 15.0 Å². The summed E-state index contributed by atoms with van der Waals surface area (Å²) < 4.78 is 0. The number of nitrogens with zero attached hydrogens (tertiary/aromatic N) is 3. The molecule has 0 unspecified atom stereocenters. The van der Waals surface area contributed by atoms with E-state index in [0.717, 1.165) is 5.56 Å². The molecular formula is C12H13N5O. The quantitative estimate of drug-likeness (QED) is 0.829. The third-order valence-corrected chi connectivity index (χ3v) is 2.26. The number of rotatable bonds is 2. The first-order valence-corrected chi connectivity index (χ1v) is 5.40. The molecule has 3 N–H and O–H groups in total. The first kappa shape index (κ1) is 12.0. The Morgan fingerprint density at radius 2 is 2.06 bits per heavy atom. The highest BCUT2D eigenvalue weighted by Crippen LogP contribution is 2.07. The van der Waals surface area contributed by atoms with Crippen molar-refractivity contribution in [2.75, 3.05) is 11.1 Å². The SMILES string of the molecule is Cc1ccc(NC(=O)c2cc(C)nc(N)n2)nc1. The van der Waals surface area contributed by atoms with Crippen molar-refractivity contribution < 1.29 is 4.79 Å². The highest BCUT2D eigenvalue weighted by Gasteiger charge is 2.10. The predicted octanol–water partition coefficient (Wildman–Crippen LogP) is 1.32. The van der Waals surface area contributed by atoms with Crippen LogP contribution in [-0.2, 0) is 0 Å². The second kappa shape index (κ2) is 4.79. The van der Waals surface area contributed by atoms with Gasteiger partial charge in [-0.3, -0.25) is 4.79 Å². The number of carbonyl (C=O) groups excluding carboxylic acids is 1. The van der Waals surface area contributed by atoms with Gasteiger partial charge < -0.3 is 11.1 Å². The molecule has 2 rings (SSSR count). The van der Waals surface area contributed by atoms with Gasteiger partial charge in [0.15, 0.2) is 0 Å². The minimum Gasteiger partial charge on any atom is -0.368 e. The lowest BCUT2D eigenvalue weighted by atomic mass is 10.3. The zero-order valence-corrected chi connectivity index (χ0v) is 10.1. The molecule has 6 nitrogen and oxygen atoms in total. The van der Waals surface area contributed by atoms with Gasteiger partial charge in [-0.1, -0.05) is 6.07 Å². The minimum absolute atomic E-state index is 0.0806. The smallest absolute Gasteiger partial charge is 0.275 e. The number of hydrogen-bond donors (Lipinski definition) is 2. The van der Waals surface area contributed by atoms with E-state index in [9.17, 15) is 4.79 Å². The molecule has 18 heavy (non-hydrogen) atoms. The fraction of sp³-hybridized carbons (Fsp3) is 0.167. The number of nitrogens with two attached hydrogens (primary N) is 1. The Morgan fingerprint density at radius 3 is 2.67 bits per heavy atom. The minimum atomic E-state index is -0.358. The van der Waals surface area contributed by atoms with E-state index in [2.05, 4.69) is 20.3 Å². The first-order chi connectivity index (χ1) is 8.54. The highest BCUT2D eigenvalue weighted by atomic mass is 16.1. The Labute approximate surface area is 104 Å². The third-order valence-electron chi connectivity index (χ3n) is 2.26. The Hall–Kier alpha value is -2.50. The lowest BCUT2D eigenvalue weighted by Crippen LogP contribution is -2.16. The molecule has 0 saturated carbocycles. The molecule has 0 aliphatic carbocycles. The van der Waals surface area contributed by atoms with Gasteiger partial charge in [0.05, 0.1) is 0 Å². The standard InChI is InChI=1S/C12H13N5O/c1-7-3-4-10(14-6-7)17-11(18)9-5-8(2)15-12(13)16-9/h3-6H,1-2H3,(H2,13,15,16)(H,14,17,18). The molecule has 6 heteroatoms. The summed E-state index contributed by atoms with van der Waals surface area (Å²) in [7, 11) is 0. The van der Waals surface area contributed by atoms with Crippen molar-refractivity contribution in [3.05, 3.63) is 41.3 Å². The van der Waals surface area contributed by atoms with Crippen LogP contribution in [0.25, 0.3) is 0 Å². The van der Waals surface area contributed by atoms with Crippen LogP contribution in [0.3, 0.4) is 0 Å². The molecule has 0 atom stereocenters. The zero-order chi connectivity index (χ0) is 13.1. The van der Waals surface area contributed by atoms with Gasteiger partial charge in [-0.2, -0.15) is 0 Å². The van der Waals surface area contributed by atoms with E-state index >= 15 is 0 Å². The third kappa shape index (κ3) is 2.79. The number of pyridine rings is 1. The summed E-state index contributed by atoms with van der Waals surface area (Å²) in [5, 5.41) is 2.64. The molecule has 2 heterocycles. The van der Waals surface area contributed by atoms with Gasteiger partial charge in [-0.05, 0) is 31.5 Å². The summed E-state index contributed by atoms with van der Waals surface area (Å²) in [6.45, 7) is 3.67. The van der Waals surface area contributed by atoms with E-state index in [-0.39, 0.29) is 17.5 Å². The van der Waals surface area contributed by atoms with Crippen LogP contribution in [0, 0.1) is 13.8 Å². The number of aromatic nitrogens is 3. The molecular weight excluding hydrogens is 230 g/mol. The normalized spacial score (nSPS) is 10.1. The molecule has 0 aliphatic rings. The lowest BCUT2D eigenvalue weighted by Gasteiger charge is -2.05. The Bertz CT molecular complexity index is 559. The number of amides is 1. The van der Waals surface area contributed by atoms with E-state index < -0.39 is 0 Å². The summed E-state index contributed by atoms with van der Waals surface area (Å²) in [6.07, 6.45) is 1.68. The van der Waals surface area contributed by atoms with Crippen LogP contribution in [0.2, 0.25) is 0 Å². The summed E-state index contributed by atoms with van der Waals surface area (Å²) >= 11 is 0. The number of nitrogen functional groups attached to an aromatic ring is 1. The fourth-order valence-corrected chi connectivity index (χ4v) is 1.43. The molecule has 0 spiro atoms. The zero-order valence-electron chi connectivity index (χ0n) is 10.1. The maximum atomic E-state index is 11.9. The summed E-state index contributed by atoms with van der Waals surface area (Å²) in [4.78, 5) is 23.8. The predicted molar refractivity (Wildman–Crippen MR) is 68.1 cm³/mol. The van der Waals surface area contributed by atoms with E-state index in [0.29, 0.717) is 11.5 Å². The number of hydrogen-bond acceptors (Lipinski definition) is 5. The van der Waals surface area contributed by atoms with Crippen LogP contribution in [-0.4, -0.2) is 20.9 Å². The van der Waals surface area contributed by atoms with Crippen molar-refractivity contribution in [2.45, 2.75) is 13.8 Å². The van der Waals surface area contributed by atoms with Gasteiger partial charge in [0.2, 0.25) is 5.95 Å². The van der Waals surface area contributed by atoms with Crippen LogP contribution in [0.15, 0.2) is 24.4 Å². The van der Waals surface area contributed by atoms with E-state index in [1.807, 2.05) is 13.0 Å². The van der Waals surface area contributed by atoms with E-state index in [4.69, 9.17) is 5.73 Å². The molecule has 2 aromatic rings. The van der Waals surface area contributed by atoms with Crippen LogP contribution in [0.4, 0.5) is 11.8 Å². The van der Waals surface area contributed by atoms with Gasteiger partial charge >= 0.3 is 0 Å². The second-order valence-electron chi connectivity index (χ2n) is 3.93. The highest BCUT2D eigenvalue weighted by molar-refractivity contribution is 6.02. The average Bonchev–Trinajstić information content (AvgIpc) is 2.31. The Kier molecular flexibility index (Phi) is 3.18. The summed E-state index contributed by atoms with van der Waals surface area (Å²) in [5.74, 6) is 0.195. The van der Waals surface area contributed by atoms with Gasteiger partial charge in [0.1, 0.15) is 11.5 Å². The topological polar surface area (TPSA) is 93.8 Å². The molecule has 1 amide bonds. The Balaban J connectivity index is 2.19. The van der Waals surface area contributed by atoms with Crippen molar-refractivity contribution in [2.24, 2.45) is 0 Å². The monoisotopic (exact) mass is 243 g/mol. The van der Waals surface area contributed by atoms with Crippen molar-refractivity contribution >= 4 is 17.7 Å². The van der Waals surface area contributed by atoms with Crippen molar-refractivity contribution in [1.29, 1.82) is 0 Å². The van der Waals surface area contributed by atoms with Crippen molar-refractivity contribution in [3.63, 3.8) is 0 Å². The van der Waals surface area contributed by atoms with Crippen LogP contribution in [0.5, 0.6) is 0 Å². The molecule has 0 bridgehead atoms. The summed E-state index contributed by atoms with van der Waals surface area (Å²) in [6, 6.07) is 5.16. The molecule has 0 radical (unpaired) electrons. The number of aryl methyl sites for hydroxylation is 2. The molecule has 0 saturated heterocycles. The molecule has 0 fully saturated rings. The second-order valence-corrected chi connectivity index (χ2v) is 3.93. The van der Waals surface area contributed by atoms with Crippen molar-refractivity contribution in [1.82, 2.24) is 15.0 Å². The molecule has 2 aromatic heterocycles. The largest absolute Gasteiger partial charge is 0.368 e. The van der Waals surface area contributed by atoms with Gasteiger partial charge in [0.25, 0.3) is 5.91 Å². The molecule has 0 aromatic carbocycles. The van der Waals surface area contributed by atoms with E-state index in [1.165, 1.54) is 0 Å². The molecule has 0 aliphatic heterocycles. The van der Waals surface area contributed by atoms with Gasteiger partial charge in [-0.15, -0.1) is 0 Å². The Morgan fingerprint density at radius 1 is 1.28 bits per heavy atom. The van der Waals surface area contributed by atoms with Crippen LogP contribution in [0.1, 0.15) is 21.7 Å². The van der Waals surface area contributed by atoms with Crippen LogP contribution >= 0.6 is 0 Å². The number of nitrogens with one attached hydrogen (secondary N) is 1. The van der Waals surface area contributed by atoms with E-state index in [1.54, 1.807) is 25.3 Å².